The van der Waals surface area contributed by atoms with Crippen LogP contribution in [0.1, 0.15) is 66.7 Å². The lowest BCUT2D eigenvalue weighted by Gasteiger charge is -2.17. The van der Waals surface area contributed by atoms with E-state index in [0.717, 1.165) is 12.3 Å². The first-order valence-electron chi connectivity index (χ1n) is 8.15. The molecule has 0 heterocycles. The zero-order chi connectivity index (χ0) is 15.0. The Morgan fingerprint density at radius 1 is 0.950 bits per heavy atom. The third-order valence-corrected chi connectivity index (χ3v) is 4.27. The van der Waals surface area contributed by atoms with Gasteiger partial charge in [0, 0.05) is 0 Å². The predicted octanol–water partition coefficient (Wildman–Crippen LogP) is 6.62. The molecule has 0 spiro atoms. The van der Waals surface area contributed by atoms with Gasteiger partial charge in [0.1, 0.15) is 0 Å². The first kappa shape index (κ1) is 17.0. The molecule has 1 unspecified atom stereocenters. The van der Waals surface area contributed by atoms with Crippen LogP contribution in [0.3, 0.4) is 0 Å². The van der Waals surface area contributed by atoms with Crippen LogP contribution in [-0.4, -0.2) is 0 Å². The van der Waals surface area contributed by atoms with E-state index in [9.17, 15) is 0 Å². The van der Waals surface area contributed by atoms with E-state index >= 15 is 0 Å². The fourth-order valence-corrected chi connectivity index (χ4v) is 2.59. The van der Waals surface area contributed by atoms with Crippen LogP contribution >= 0.6 is 0 Å². The van der Waals surface area contributed by atoms with E-state index in [0.29, 0.717) is 5.92 Å². The zero-order valence-electron chi connectivity index (χ0n) is 14.1. The van der Waals surface area contributed by atoms with Gasteiger partial charge in [0.25, 0.3) is 0 Å². The van der Waals surface area contributed by atoms with Crippen LogP contribution in [-0.2, 0) is 0 Å². The summed E-state index contributed by atoms with van der Waals surface area (Å²) < 4.78 is 0. The van der Waals surface area contributed by atoms with Gasteiger partial charge in [-0.25, -0.2) is 0 Å². The molecule has 0 aromatic carbocycles. The van der Waals surface area contributed by atoms with Crippen molar-refractivity contribution in [2.45, 2.75) is 66.7 Å². The summed E-state index contributed by atoms with van der Waals surface area (Å²) in [5.74, 6) is 1.42. The highest BCUT2D eigenvalue weighted by Crippen LogP contribution is 2.23. The minimum absolute atomic E-state index is 0.696. The summed E-state index contributed by atoms with van der Waals surface area (Å²) in [5, 5.41) is 0. The second kappa shape index (κ2) is 9.00. The molecule has 1 aliphatic rings. The Hall–Kier alpha value is -1.04. The van der Waals surface area contributed by atoms with Crippen molar-refractivity contribution in [3.63, 3.8) is 0 Å². The van der Waals surface area contributed by atoms with Crippen molar-refractivity contribution in [1.82, 2.24) is 0 Å². The summed E-state index contributed by atoms with van der Waals surface area (Å²) in [6, 6.07) is 0. The Kier molecular flexibility index (Phi) is 7.65. The van der Waals surface area contributed by atoms with Gasteiger partial charge < -0.3 is 0 Å². The van der Waals surface area contributed by atoms with Gasteiger partial charge in [-0.3, -0.25) is 0 Å². The smallest absolute Gasteiger partial charge is 0.0161 e. The minimum Gasteiger partial charge on any atom is -0.0853 e. The molecule has 0 bridgehead atoms. The molecule has 0 nitrogen and oxygen atoms in total. The molecule has 1 aliphatic carbocycles. The quantitative estimate of drug-likeness (QED) is 0.471. The Morgan fingerprint density at radius 3 is 2.35 bits per heavy atom. The highest BCUT2D eigenvalue weighted by molar-refractivity contribution is 5.19. The van der Waals surface area contributed by atoms with Crippen LogP contribution in [0.25, 0.3) is 0 Å². The van der Waals surface area contributed by atoms with Gasteiger partial charge in [-0.05, 0) is 64.7 Å². The minimum atomic E-state index is 0.696. The lowest BCUT2D eigenvalue weighted by Crippen LogP contribution is -2.05. The number of allylic oxidation sites excluding steroid dienone is 8. The lowest BCUT2D eigenvalue weighted by molar-refractivity contribution is 0.435. The van der Waals surface area contributed by atoms with Gasteiger partial charge >= 0.3 is 0 Å². The van der Waals surface area contributed by atoms with Crippen LogP contribution in [0.5, 0.6) is 0 Å². The molecule has 0 aliphatic heterocycles. The number of hydrogen-bond donors (Lipinski definition) is 0. The standard InChI is InChI=1S/C20H32/c1-16(2)20-14-12-18(4)10-6-8-17(3)9-7-11-19(5)13-15-20/h8,10-12,14,16,20H,6-7,9,13,15H2,1-5H3/b14-12?,17-8+,18-10?,19-11+. The Morgan fingerprint density at radius 2 is 1.65 bits per heavy atom. The highest BCUT2D eigenvalue weighted by Gasteiger charge is 2.09. The Bertz CT molecular complexity index is 402. The average Bonchev–Trinajstić information content (AvgIpc) is 2.37. The summed E-state index contributed by atoms with van der Waals surface area (Å²) in [6.45, 7) is 11.4. The molecule has 0 N–H and O–H groups in total. The van der Waals surface area contributed by atoms with Gasteiger partial charge in [0.05, 0.1) is 0 Å². The summed E-state index contributed by atoms with van der Waals surface area (Å²) in [6.07, 6.45) is 17.9. The molecular formula is C20H32. The van der Waals surface area contributed by atoms with Crippen molar-refractivity contribution in [3.8, 4) is 0 Å². The molecule has 0 heteroatoms. The van der Waals surface area contributed by atoms with Crippen molar-refractivity contribution < 1.29 is 0 Å². The van der Waals surface area contributed by atoms with Crippen LogP contribution in [0.4, 0.5) is 0 Å². The van der Waals surface area contributed by atoms with Crippen LogP contribution in [0.15, 0.2) is 47.1 Å². The SMILES string of the molecule is CC1=CC/C=C(\C)CC/C=C(\C)CCC(C(C)C)C=C1. The molecule has 0 saturated heterocycles. The molecule has 0 aromatic heterocycles. The van der Waals surface area contributed by atoms with Gasteiger partial charge in [0.15, 0.2) is 0 Å². The third-order valence-electron chi connectivity index (χ3n) is 4.27. The first-order chi connectivity index (χ1) is 9.49. The Balaban J connectivity index is 2.85. The van der Waals surface area contributed by atoms with Crippen molar-refractivity contribution in [2.75, 3.05) is 0 Å². The lowest BCUT2D eigenvalue weighted by atomic mass is 9.88. The van der Waals surface area contributed by atoms with E-state index in [2.05, 4.69) is 65.0 Å². The van der Waals surface area contributed by atoms with Crippen molar-refractivity contribution in [2.24, 2.45) is 11.8 Å². The Labute approximate surface area is 126 Å². The van der Waals surface area contributed by atoms with Gasteiger partial charge in [-0.1, -0.05) is 60.9 Å². The molecule has 0 aromatic rings. The summed E-state index contributed by atoms with van der Waals surface area (Å²) in [5.41, 5.74) is 4.46. The molecular weight excluding hydrogens is 240 g/mol. The van der Waals surface area contributed by atoms with Crippen LogP contribution < -0.4 is 0 Å². The van der Waals surface area contributed by atoms with Crippen LogP contribution in [0, 0.1) is 11.8 Å². The predicted molar refractivity (Wildman–Crippen MR) is 91.8 cm³/mol. The second-order valence-electron chi connectivity index (χ2n) is 6.63. The monoisotopic (exact) mass is 272 g/mol. The van der Waals surface area contributed by atoms with Crippen LogP contribution in [0.2, 0.25) is 0 Å². The van der Waals surface area contributed by atoms with Crippen molar-refractivity contribution in [1.29, 1.82) is 0 Å². The normalized spacial score (nSPS) is 28.1. The molecule has 20 heavy (non-hydrogen) atoms. The first-order valence-corrected chi connectivity index (χ1v) is 8.15. The van der Waals surface area contributed by atoms with Gasteiger partial charge in [-0.2, -0.15) is 0 Å². The van der Waals surface area contributed by atoms with Gasteiger partial charge in [-0.15, -0.1) is 0 Å². The molecule has 0 radical (unpaired) electrons. The summed E-state index contributed by atoms with van der Waals surface area (Å²) in [4.78, 5) is 0. The topological polar surface area (TPSA) is 0 Å². The largest absolute Gasteiger partial charge is 0.0853 e. The maximum atomic E-state index is 2.44. The molecule has 1 rings (SSSR count). The zero-order valence-corrected chi connectivity index (χ0v) is 14.1. The van der Waals surface area contributed by atoms with E-state index < -0.39 is 0 Å². The highest BCUT2D eigenvalue weighted by atomic mass is 14.1. The van der Waals surface area contributed by atoms with E-state index in [4.69, 9.17) is 0 Å². The third kappa shape index (κ3) is 6.93. The van der Waals surface area contributed by atoms with Gasteiger partial charge in [0.2, 0.25) is 0 Å². The molecule has 0 saturated carbocycles. The van der Waals surface area contributed by atoms with E-state index in [1.807, 2.05) is 0 Å². The van der Waals surface area contributed by atoms with Crippen molar-refractivity contribution in [3.05, 3.63) is 47.1 Å². The van der Waals surface area contributed by atoms with Crippen molar-refractivity contribution >= 4 is 0 Å². The number of rotatable bonds is 1. The second-order valence-corrected chi connectivity index (χ2v) is 6.63. The molecule has 112 valence electrons. The average molecular weight is 272 g/mol. The molecule has 1 atom stereocenters. The fraction of sp³-hybridized carbons (Fsp3) is 0.600. The number of hydrogen-bond acceptors (Lipinski definition) is 0. The van der Waals surface area contributed by atoms with E-state index in [1.165, 1.54) is 36.8 Å². The molecule has 0 fully saturated rings. The maximum Gasteiger partial charge on any atom is -0.0161 e. The van der Waals surface area contributed by atoms with E-state index in [1.54, 1.807) is 5.57 Å². The molecule has 0 amide bonds. The fourth-order valence-electron chi connectivity index (χ4n) is 2.59. The maximum absolute atomic E-state index is 2.44. The van der Waals surface area contributed by atoms with E-state index in [-0.39, 0.29) is 0 Å². The summed E-state index contributed by atoms with van der Waals surface area (Å²) >= 11 is 0. The summed E-state index contributed by atoms with van der Waals surface area (Å²) in [7, 11) is 0.